The lowest BCUT2D eigenvalue weighted by molar-refractivity contribution is -0.201. The number of nitrogens with zero attached hydrogens (tertiary/aromatic N) is 5. The van der Waals surface area contributed by atoms with Crippen molar-refractivity contribution in [3.63, 3.8) is 0 Å². The monoisotopic (exact) mass is 516 g/mol. The number of carbonyl (C=O) groups is 1. The van der Waals surface area contributed by atoms with Crippen molar-refractivity contribution in [1.29, 1.82) is 0 Å². The molecule has 0 aliphatic carbocycles. The first-order chi connectivity index (χ1) is 17.2. The highest BCUT2D eigenvalue weighted by Gasteiger charge is 2.44. The predicted octanol–water partition coefficient (Wildman–Crippen LogP) is 1.26. The quantitative estimate of drug-likeness (QED) is 0.415. The number of nitrogens with one attached hydrogen (secondary N) is 1. The summed E-state index contributed by atoms with van der Waals surface area (Å²) in [6.45, 7) is 1.79. The Labute approximate surface area is 208 Å². The van der Waals surface area contributed by atoms with Crippen molar-refractivity contribution in [3.05, 3.63) is 59.4 Å². The minimum absolute atomic E-state index is 0.0348. The van der Waals surface area contributed by atoms with Gasteiger partial charge in [-0.15, -0.1) is 0 Å². The van der Waals surface area contributed by atoms with Crippen LogP contribution in [0.15, 0.2) is 53.8 Å². The van der Waals surface area contributed by atoms with Crippen LogP contribution in [0.3, 0.4) is 0 Å². The number of amides is 1. The van der Waals surface area contributed by atoms with E-state index in [9.17, 15) is 18.0 Å². The lowest BCUT2D eigenvalue weighted by Gasteiger charge is -2.28. The number of benzene rings is 1. The van der Waals surface area contributed by atoms with E-state index < -0.39 is 26.8 Å². The summed E-state index contributed by atoms with van der Waals surface area (Å²) in [5.74, 6) is -0.816. The van der Waals surface area contributed by atoms with Gasteiger partial charge in [0.2, 0.25) is 0 Å². The molecule has 2 atom stereocenters. The number of hydrogen-bond acceptors (Lipinski definition) is 9. The van der Waals surface area contributed by atoms with Gasteiger partial charge in [-0.3, -0.25) is 14.2 Å². The summed E-state index contributed by atoms with van der Waals surface area (Å²) in [5, 5.41) is 8.14. The summed E-state index contributed by atoms with van der Waals surface area (Å²) >= 11 is 0. The topological polar surface area (TPSA) is 147 Å². The van der Waals surface area contributed by atoms with Crippen LogP contribution in [0.25, 0.3) is 16.9 Å². The number of aryl methyl sites for hydroxylation is 1. The molecule has 36 heavy (non-hydrogen) atoms. The van der Waals surface area contributed by atoms with Gasteiger partial charge in [0.25, 0.3) is 11.5 Å². The van der Waals surface area contributed by atoms with Gasteiger partial charge in [0.05, 0.1) is 30.1 Å². The molecule has 0 radical (unpaired) electrons. The van der Waals surface area contributed by atoms with Crippen LogP contribution in [0, 0.1) is 0 Å². The summed E-state index contributed by atoms with van der Waals surface area (Å²) in [7, 11) is -3.85. The normalized spacial score (nSPS) is 17.9. The standard InChI is InChI=1S/C23H28N6O6S/c1-23(36(2,32)33,22(31)27-35-21-5-3-4-14-34-21)10-13-28-16-24-19(15-20(28)30)17-6-8-18(9-7-17)29-25-11-12-26-29/h6-9,11-12,15-16,21H,3-5,10,13-14H2,1-2H3,(H,27,31). The third kappa shape index (κ3) is 5.69. The molecular formula is C23H28N6O6S. The zero-order valence-electron chi connectivity index (χ0n) is 20.0. The molecular weight excluding hydrogens is 488 g/mol. The molecule has 1 aliphatic rings. The number of sulfone groups is 1. The minimum atomic E-state index is -3.85. The van der Waals surface area contributed by atoms with E-state index in [1.54, 1.807) is 36.7 Å². The largest absolute Gasteiger partial charge is 0.350 e. The Hall–Kier alpha value is -3.42. The number of aromatic nitrogens is 5. The molecule has 1 amide bonds. The van der Waals surface area contributed by atoms with Crippen molar-refractivity contribution in [2.45, 2.75) is 50.2 Å². The van der Waals surface area contributed by atoms with Crippen molar-refractivity contribution in [1.82, 2.24) is 30.0 Å². The van der Waals surface area contributed by atoms with Crippen molar-refractivity contribution in [2.75, 3.05) is 12.9 Å². The number of carbonyl (C=O) groups excluding carboxylic acids is 1. The third-order valence-corrected chi connectivity index (χ3v) is 8.27. The lowest BCUT2D eigenvalue weighted by Crippen LogP contribution is -2.51. The van der Waals surface area contributed by atoms with Gasteiger partial charge in [0.1, 0.15) is 0 Å². The van der Waals surface area contributed by atoms with Crippen LogP contribution < -0.4 is 11.0 Å². The van der Waals surface area contributed by atoms with E-state index in [2.05, 4.69) is 20.7 Å². The molecule has 0 saturated carbocycles. The Kier molecular flexibility index (Phi) is 7.62. The summed E-state index contributed by atoms with van der Waals surface area (Å²) in [4.78, 5) is 36.7. The zero-order chi connectivity index (χ0) is 25.8. The van der Waals surface area contributed by atoms with Gasteiger partial charge in [0.15, 0.2) is 20.9 Å². The molecule has 13 heteroatoms. The second-order valence-corrected chi connectivity index (χ2v) is 11.2. The molecule has 12 nitrogen and oxygen atoms in total. The van der Waals surface area contributed by atoms with E-state index >= 15 is 0 Å². The van der Waals surface area contributed by atoms with E-state index in [1.165, 1.54) is 28.7 Å². The Morgan fingerprint density at radius 2 is 1.94 bits per heavy atom. The molecule has 1 fully saturated rings. The Morgan fingerprint density at radius 1 is 1.22 bits per heavy atom. The van der Waals surface area contributed by atoms with Crippen LogP contribution in [0.4, 0.5) is 0 Å². The SMILES string of the molecule is CC(CCn1cnc(-c2ccc(-n3nccn3)cc2)cc1=O)(C(=O)NOC1CCCCO1)S(C)(=O)=O. The first-order valence-corrected chi connectivity index (χ1v) is 13.4. The van der Waals surface area contributed by atoms with Gasteiger partial charge in [-0.05, 0) is 38.3 Å². The fourth-order valence-corrected chi connectivity index (χ4v) is 4.54. The Morgan fingerprint density at radius 3 is 2.56 bits per heavy atom. The maximum absolute atomic E-state index is 12.8. The van der Waals surface area contributed by atoms with Gasteiger partial charge in [-0.1, -0.05) is 12.1 Å². The van der Waals surface area contributed by atoms with E-state index in [1.807, 2.05) is 0 Å². The van der Waals surface area contributed by atoms with Crippen LogP contribution in [0.5, 0.6) is 0 Å². The van der Waals surface area contributed by atoms with Crippen LogP contribution in [-0.4, -0.2) is 62.8 Å². The predicted molar refractivity (Wildman–Crippen MR) is 130 cm³/mol. The zero-order valence-corrected chi connectivity index (χ0v) is 20.8. The number of hydroxylamine groups is 1. The van der Waals surface area contributed by atoms with Crippen molar-refractivity contribution in [3.8, 4) is 16.9 Å². The van der Waals surface area contributed by atoms with E-state index in [0.29, 0.717) is 18.7 Å². The van der Waals surface area contributed by atoms with Gasteiger partial charge in [-0.2, -0.15) is 15.0 Å². The molecule has 0 bridgehead atoms. The van der Waals surface area contributed by atoms with Crippen molar-refractivity contribution < 1.29 is 22.8 Å². The number of rotatable bonds is 9. The molecule has 0 spiro atoms. The maximum Gasteiger partial charge on any atom is 0.264 e. The number of hydrogen-bond donors (Lipinski definition) is 1. The molecule has 3 aromatic rings. The fraction of sp³-hybridized carbons (Fsp3) is 0.435. The van der Waals surface area contributed by atoms with Crippen molar-refractivity contribution >= 4 is 15.7 Å². The van der Waals surface area contributed by atoms with Crippen LogP contribution in [-0.2, 0) is 30.8 Å². The second kappa shape index (κ2) is 10.7. The van der Waals surface area contributed by atoms with E-state index in [-0.39, 0.29) is 18.5 Å². The van der Waals surface area contributed by atoms with E-state index in [4.69, 9.17) is 9.57 Å². The molecule has 2 unspecified atom stereocenters. The maximum atomic E-state index is 12.8. The Balaban J connectivity index is 1.44. The highest BCUT2D eigenvalue weighted by molar-refractivity contribution is 7.92. The molecule has 1 aliphatic heterocycles. The van der Waals surface area contributed by atoms with E-state index in [0.717, 1.165) is 30.3 Å². The second-order valence-electron chi connectivity index (χ2n) is 8.77. The number of ether oxygens (including phenoxy) is 1. The van der Waals surface area contributed by atoms with Crippen LogP contribution in [0.1, 0.15) is 32.6 Å². The van der Waals surface area contributed by atoms with Crippen LogP contribution >= 0.6 is 0 Å². The highest BCUT2D eigenvalue weighted by Crippen LogP contribution is 2.23. The van der Waals surface area contributed by atoms with Gasteiger partial charge < -0.3 is 4.74 Å². The fourth-order valence-electron chi connectivity index (χ4n) is 3.70. The van der Waals surface area contributed by atoms with Crippen molar-refractivity contribution in [2.24, 2.45) is 0 Å². The molecule has 1 N–H and O–H groups in total. The molecule has 1 aromatic carbocycles. The summed E-state index contributed by atoms with van der Waals surface area (Å²) in [6, 6.07) is 8.57. The van der Waals surface area contributed by atoms with Crippen LogP contribution in [0.2, 0.25) is 0 Å². The molecule has 2 aromatic heterocycles. The smallest absolute Gasteiger partial charge is 0.264 e. The first-order valence-electron chi connectivity index (χ1n) is 11.5. The summed E-state index contributed by atoms with van der Waals surface area (Å²) in [6.07, 6.45) is 7.11. The molecule has 3 heterocycles. The highest BCUT2D eigenvalue weighted by atomic mass is 32.2. The minimum Gasteiger partial charge on any atom is -0.350 e. The summed E-state index contributed by atoms with van der Waals surface area (Å²) < 4.78 is 29.9. The molecule has 192 valence electrons. The van der Waals surface area contributed by atoms with Gasteiger partial charge >= 0.3 is 0 Å². The third-order valence-electron chi connectivity index (χ3n) is 6.24. The molecule has 4 rings (SSSR count). The average molecular weight is 517 g/mol. The summed E-state index contributed by atoms with van der Waals surface area (Å²) in [5.41, 5.74) is 3.80. The Bertz CT molecular complexity index is 1350. The lowest BCUT2D eigenvalue weighted by atomic mass is 10.1. The van der Waals surface area contributed by atoms with Gasteiger partial charge in [0, 0.05) is 37.5 Å². The molecule has 1 saturated heterocycles. The first kappa shape index (κ1) is 25.7. The van der Waals surface area contributed by atoms with Gasteiger partial charge in [-0.25, -0.2) is 23.7 Å². The average Bonchev–Trinajstić information content (AvgIpc) is 3.41.